The van der Waals surface area contributed by atoms with Crippen molar-refractivity contribution < 1.29 is 18.3 Å². The number of carbonyl (C=O) groups excluding carboxylic acids is 1. The van der Waals surface area contributed by atoms with Crippen LogP contribution in [0.15, 0.2) is 10.5 Å². The Balaban J connectivity index is 3.06. The van der Waals surface area contributed by atoms with E-state index in [9.17, 15) is 13.6 Å². The van der Waals surface area contributed by atoms with Crippen LogP contribution in [0.1, 0.15) is 30.3 Å². The van der Waals surface area contributed by atoms with Gasteiger partial charge in [0.25, 0.3) is 6.43 Å². The normalized spacial score (nSPS) is 10.8. The molecule has 7 heteroatoms. The lowest BCUT2D eigenvalue weighted by molar-refractivity contribution is -0.142. The van der Waals surface area contributed by atoms with Gasteiger partial charge >= 0.3 is 5.97 Å². The number of pyridine rings is 1. The highest BCUT2D eigenvalue weighted by molar-refractivity contribution is 9.10. The SMILES string of the molecule is CCOC(=O)Cc1cc(C(F)F)c(Br)c(CCl)n1. The molecule has 0 saturated carbocycles. The zero-order valence-electron chi connectivity index (χ0n) is 9.55. The van der Waals surface area contributed by atoms with Crippen LogP contribution in [0.2, 0.25) is 0 Å². The molecular weight excluding hydrogens is 331 g/mol. The van der Waals surface area contributed by atoms with E-state index in [1.165, 1.54) is 6.07 Å². The van der Waals surface area contributed by atoms with E-state index in [1.54, 1.807) is 6.92 Å². The first kappa shape index (κ1) is 15.3. The van der Waals surface area contributed by atoms with Gasteiger partial charge in [0, 0.05) is 10.0 Å². The molecule has 0 atom stereocenters. The Morgan fingerprint density at radius 3 is 2.78 bits per heavy atom. The minimum absolute atomic E-state index is 0.0169. The minimum Gasteiger partial charge on any atom is -0.466 e. The Labute approximate surface area is 117 Å². The first-order valence-corrected chi connectivity index (χ1v) is 6.50. The number of aromatic nitrogens is 1. The standard InChI is InChI=1S/C11H11BrClF2NO2/c1-2-18-9(17)4-6-3-7(11(14)15)10(12)8(5-13)16-6/h3,11H,2,4-5H2,1H3. The number of alkyl halides is 3. The van der Waals surface area contributed by atoms with Crippen LogP contribution in [0.25, 0.3) is 0 Å². The second-order valence-electron chi connectivity index (χ2n) is 3.38. The van der Waals surface area contributed by atoms with E-state index in [-0.39, 0.29) is 40.3 Å². The monoisotopic (exact) mass is 341 g/mol. The zero-order chi connectivity index (χ0) is 13.7. The highest BCUT2D eigenvalue weighted by atomic mass is 79.9. The van der Waals surface area contributed by atoms with Gasteiger partial charge in [-0.3, -0.25) is 9.78 Å². The third-order valence-corrected chi connectivity index (χ3v) is 3.27. The first-order chi connectivity index (χ1) is 8.49. The van der Waals surface area contributed by atoms with E-state index in [2.05, 4.69) is 20.9 Å². The van der Waals surface area contributed by atoms with E-state index < -0.39 is 12.4 Å². The Morgan fingerprint density at radius 2 is 2.28 bits per heavy atom. The molecule has 1 aromatic rings. The topological polar surface area (TPSA) is 39.2 Å². The van der Waals surface area contributed by atoms with Crippen molar-refractivity contribution in [1.82, 2.24) is 4.98 Å². The molecule has 1 aromatic heterocycles. The van der Waals surface area contributed by atoms with Crippen LogP contribution < -0.4 is 0 Å². The lowest BCUT2D eigenvalue weighted by atomic mass is 10.1. The summed E-state index contributed by atoms with van der Waals surface area (Å²) in [7, 11) is 0. The van der Waals surface area contributed by atoms with Gasteiger partial charge in [0.05, 0.1) is 30.3 Å². The predicted molar refractivity (Wildman–Crippen MR) is 66.8 cm³/mol. The van der Waals surface area contributed by atoms with Crippen molar-refractivity contribution >= 4 is 33.5 Å². The fourth-order valence-corrected chi connectivity index (χ4v) is 2.23. The molecule has 0 bridgehead atoms. The number of rotatable bonds is 5. The molecule has 0 fully saturated rings. The maximum atomic E-state index is 12.8. The molecule has 0 aliphatic rings. The Bertz CT molecular complexity index is 443. The average Bonchev–Trinajstić information content (AvgIpc) is 2.31. The summed E-state index contributed by atoms with van der Waals surface area (Å²) in [5, 5.41) is 0. The smallest absolute Gasteiger partial charge is 0.311 e. The molecule has 100 valence electrons. The highest BCUT2D eigenvalue weighted by Crippen LogP contribution is 2.31. The number of ether oxygens (including phenoxy) is 1. The van der Waals surface area contributed by atoms with Crippen LogP contribution in [0.5, 0.6) is 0 Å². The third kappa shape index (κ3) is 3.88. The van der Waals surface area contributed by atoms with Crippen molar-refractivity contribution in [2.45, 2.75) is 25.7 Å². The summed E-state index contributed by atoms with van der Waals surface area (Å²) in [4.78, 5) is 15.3. The Kier molecular flexibility index (Phi) is 5.95. The molecular formula is C11H11BrClF2NO2. The minimum atomic E-state index is -2.66. The summed E-state index contributed by atoms with van der Waals surface area (Å²) in [6.45, 7) is 1.90. The van der Waals surface area contributed by atoms with Gasteiger partial charge < -0.3 is 4.74 Å². The Hall–Kier alpha value is -0.750. The first-order valence-electron chi connectivity index (χ1n) is 5.17. The van der Waals surface area contributed by atoms with Gasteiger partial charge in [0.2, 0.25) is 0 Å². The Morgan fingerprint density at radius 1 is 1.61 bits per heavy atom. The molecule has 18 heavy (non-hydrogen) atoms. The van der Waals surface area contributed by atoms with Gasteiger partial charge in [-0.05, 0) is 28.9 Å². The molecule has 0 amide bonds. The van der Waals surface area contributed by atoms with Crippen LogP contribution in [-0.2, 0) is 21.8 Å². The van der Waals surface area contributed by atoms with E-state index in [0.29, 0.717) is 0 Å². The fourth-order valence-electron chi connectivity index (χ4n) is 1.36. The number of nitrogens with zero attached hydrogens (tertiary/aromatic N) is 1. The van der Waals surface area contributed by atoms with Gasteiger partial charge in [-0.1, -0.05) is 0 Å². The van der Waals surface area contributed by atoms with Gasteiger partial charge in [-0.2, -0.15) is 0 Å². The number of carbonyl (C=O) groups is 1. The second kappa shape index (κ2) is 6.99. The molecule has 0 saturated heterocycles. The van der Waals surface area contributed by atoms with Crippen molar-refractivity contribution in [2.24, 2.45) is 0 Å². The van der Waals surface area contributed by atoms with E-state index in [0.717, 1.165) is 0 Å². The maximum absolute atomic E-state index is 12.8. The predicted octanol–water partition coefficient (Wildman–Crippen LogP) is 3.63. The lowest BCUT2D eigenvalue weighted by Gasteiger charge is -2.10. The summed E-state index contributed by atoms with van der Waals surface area (Å²) < 4.78 is 30.5. The van der Waals surface area contributed by atoms with Gasteiger partial charge in [0.15, 0.2) is 0 Å². The quantitative estimate of drug-likeness (QED) is 0.606. The lowest BCUT2D eigenvalue weighted by Crippen LogP contribution is -2.10. The summed E-state index contributed by atoms with van der Waals surface area (Å²) in [5.74, 6) is -0.523. The van der Waals surface area contributed by atoms with Crippen LogP contribution in [0, 0.1) is 0 Å². The summed E-state index contributed by atoms with van der Waals surface area (Å²) >= 11 is 8.65. The molecule has 1 rings (SSSR count). The van der Waals surface area contributed by atoms with Gasteiger partial charge in [-0.25, -0.2) is 8.78 Å². The summed E-state index contributed by atoms with van der Waals surface area (Å²) in [6.07, 6.45) is -2.81. The van der Waals surface area contributed by atoms with Crippen molar-refractivity contribution in [3.05, 3.63) is 27.5 Å². The molecule has 3 nitrogen and oxygen atoms in total. The van der Waals surface area contributed by atoms with Crippen LogP contribution >= 0.6 is 27.5 Å². The second-order valence-corrected chi connectivity index (χ2v) is 4.44. The van der Waals surface area contributed by atoms with Gasteiger partial charge in [-0.15, -0.1) is 11.6 Å². The number of hydrogen-bond acceptors (Lipinski definition) is 3. The fraction of sp³-hybridized carbons (Fsp3) is 0.455. The largest absolute Gasteiger partial charge is 0.466 e. The van der Waals surface area contributed by atoms with E-state index in [1.807, 2.05) is 0 Å². The average molecular weight is 343 g/mol. The van der Waals surface area contributed by atoms with E-state index in [4.69, 9.17) is 16.3 Å². The molecule has 1 heterocycles. The van der Waals surface area contributed by atoms with Crippen LogP contribution in [0.4, 0.5) is 8.78 Å². The molecule has 0 aromatic carbocycles. The van der Waals surface area contributed by atoms with Crippen molar-refractivity contribution in [2.75, 3.05) is 6.61 Å². The van der Waals surface area contributed by atoms with Crippen LogP contribution in [-0.4, -0.2) is 17.6 Å². The highest BCUT2D eigenvalue weighted by Gasteiger charge is 2.18. The third-order valence-electron chi connectivity index (χ3n) is 2.10. The number of esters is 1. The molecule has 0 aliphatic carbocycles. The molecule has 0 unspecified atom stereocenters. The maximum Gasteiger partial charge on any atom is 0.311 e. The number of hydrogen-bond donors (Lipinski definition) is 0. The van der Waals surface area contributed by atoms with Crippen molar-refractivity contribution in [1.29, 1.82) is 0 Å². The van der Waals surface area contributed by atoms with Gasteiger partial charge in [0.1, 0.15) is 0 Å². The zero-order valence-corrected chi connectivity index (χ0v) is 11.9. The summed E-state index contributed by atoms with van der Waals surface area (Å²) in [6, 6.07) is 1.18. The molecule has 0 spiro atoms. The van der Waals surface area contributed by atoms with E-state index >= 15 is 0 Å². The van der Waals surface area contributed by atoms with Crippen LogP contribution in [0.3, 0.4) is 0 Å². The molecule has 0 aliphatic heterocycles. The molecule has 0 radical (unpaired) electrons. The molecule has 0 N–H and O–H groups in total. The van der Waals surface area contributed by atoms with Crippen molar-refractivity contribution in [3.8, 4) is 0 Å². The number of halogens is 4. The van der Waals surface area contributed by atoms with Crippen molar-refractivity contribution in [3.63, 3.8) is 0 Å². The summed E-state index contributed by atoms with van der Waals surface area (Å²) in [5.41, 5.74) is 0.288.